The summed E-state index contributed by atoms with van der Waals surface area (Å²) in [5, 5.41) is 9.06. The Morgan fingerprint density at radius 1 is 1.24 bits per heavy atom. The summed E-state index contributed by atoms with van der Waals surface area (Å²) in [5.41, 5.74) is 0.260. The molecular formula is C18H18N2O4S. The van der Waals surface area contributed by atoms with Gasteiger partial charge < -0.3 is 14.7 Å². The molecule has 2 heterocycles. The van der Waals surface area contributed by atoms with E-state index in [4.69, 9.17) is 9.84 Å². The van der Waals surface area contributed by atoms with Crippen LogP contribution in [0.2, 0.25) is 0 Å². The number of hydrogen-bond acceptors (Lipinski definition) is 5. The zero-order valence-electron chi connectivity index (χ0n) is 13.5. The summed E-state index contributed by atoms with van der Waals surface area (Å²) in [6, 6.07) is 12.2. The normalized spacial score (nSPS) is 17.1. The number of benzene rings is 1. The third kappa shape index (κ3) is 4.51. The first-order valence-electron chi connectivity index (χ1n) is 7.93. The maximum atomic E-state index is 12.8. The van der Waals surface area contributed by atoms with Gasteiger partial charge in [-0.05, 0) is 18.2 Å². The number of aromatic nitrogens is 1. The Balaban J connectivity index is 1.77. The summed E-state index contributed by atoms with van der Waals surface area (Å²) < 4.78 is 5.74. The molecule has 0 spiro atoms. The van der Waals surface area contributed by atoms with E-state index < -0.39 is 5.97 Å². The third-order valence-electron chi connectivity index (χ3n) is 3.83. The Bertz CT molecular complexity index is 754. The van der Waals surface area contributed by atoms with Gasteiger partial charge in [0.2, 0.25) is 0 Å². The van der Waals surface area contributed by atoms with Gasteiger partial charge in [-0.15, -0.1) is 0 Å². The fraction of sp³-hybridized carbons (Fsp3) is 0.278. The molecule has 1 aliphatic rings. The van der Waals surface area contributed by atoms with Gasteiger partial charge in [0.1, 0.15) is 17.2 Å². The average Bonchev–Trinajstić information content (AvgIpc) is 2.62. The second kappa shape index (κ2) is 8.02. The molecule has 1 N–H and O–H groups in total. The number of rotatable bonds is 5. The lowest BCUT2D eigenvalue weighted by Crippen LogP contribution is -2.47. The first-order chi connectivity index (χ1) is 12.1. The van der Waals surface area contributed by atoms with Gasteiger partial charge in [0.25, 0.3) is 5.91 Å². The Morgan fingerprint density at radius 2 is 2.04 bits per heavy atom. The highest BCUT2D eigenvalue weighted by atomic mass is 32.2. The number of para-hydroxylation sites is 1. The van der Waals surface area contributed by atoms with Gasteiger partial charge in [0.05, 0.1) is 12.5 Å². The highest BCUT2D eigenvalue weighted by Crippen LogP contribution is 2.24. The van der Waals surface area contributed by atoms with Crippen LogP contribution in [0.5, 0.6) is 11.5 Å². The van der Waals surface area contributed by atoms with Crippen LogP contribution in [0.3, 0.4) is 0 Å². The molecule has 0 bridgehead atoms. The second-order valence-corrected chi connectivity index (χ2v) is 6.77. The molecule has 1 aliphatic heterocycles. The molecule has 3 rings (SSSR count). The predicted octanol–water partition coefficient (Wildman–Crippen LogP) is 2.91. The number of carbonyl (C=O) groups excluding carboxylic acids is 1. The van der Waals surface area contributed by atoms with Crippen molar-refractivity contribution in [1.29, 1.82) is 0 Å². The van der Waals surface area contributed by atoms with Crippen molar-refractivity contribution in [2.24, 2.45) is 0 Å². The van der Waals surface area contributed by atoms with E-state index in [1.165, 1.54) is 6.20 Å². The molecule has 1 saturated heterocycles. The van der Waals surface area contributed by atoms with Crippen LogP contribution in [-0.4, -0.2) is 51.0 Å². The van der Waals surface area contributed by atoms with Gasteiger partial charge in [-0.2, -0.15) is 11.8 Å². The second-order valence-electron chi connectivity index (χ2n) is 5.62. The molecule has 0 radical (unpaired) electrons. The maximum Gasteiger partial charge on any atom is 0.305 e. The van der Waals surface area contributed by atoms with Crippen molar-refractivity contribution in [2.45, 2.75) is 12.5 Å². The average molecular weight is 358 g/mol. The third-order valence-corrected chi connectivity index (χ3v) is 4.92. The lowest BCUT2D eigenvalue weighted by Gasteiger charge is -2.34. The van der Waals surface area contributed by atoms with E-state index in [1.54, 1.807) is 28.8 Å². The summed E-state index contributed by atoms with van der Waals surface area (Å²) >= 11 is 1.66. The van der Waals surface area contributed by atoms with Crippen LogP contribution in [-0.2, 0) is 4.79 Å². The van der Waals surface area contributed by atoms with Gasteiger partial charge in [-0.1, -0.05) is 18.2 Å². The topological polar surface area (TPSA) is 79.7 Å². The lowest BCUT2D eigenvalue weighted by molar-refractivity contribution is -0.138. The fourth-order valence-corrected chi connectivity index (χ4v) is 3.72. The molecule has 1 aromatic carbocycles. The van der Waals surface area contributed by atoms with E-state index in [9.17, 15) is 9.59 Å². The molecule has 0 saturated carbocycles. The number of carboxylic acids is 1. The monoisotopic (exact) mass is 358 g/mol. The van der Waals surface area contributed by atoms with Crippen molar-refractivity contribution in [3.8, 4) is 11.5 Å². The van der Waals surface area contributed by atoms with Crippen LogP contribution in [0.15, 0.2) is 48.7 Å². The summed E-state index contributed by atoms with van der Waals surface area (Å²) in [5.74, 6) is 1.45. The molecule has 1 atom stereocenters. The minimum absolute atomic E-state index is 0.0566. The van der Waals surface area contributed by atoms with E-state index in [-0.39, 0.29) is 24.1 Å². The number of thioether (sulfide) groups is 1. The standard InChI is InChI=1S/C18H18N2O4S/c21-17(22)10-13-12-25-9-8-20(13)18(23)16-11-15(6-7-19-16)24-14-4-2-1-3-5-14/h1-7,11,13H,8-10,12H2,(H,21,22). The highest BCUT2D eigenvalue weighted by Gasteiger charge is 2.30. The molecule has 1 amide bonds. The van der Waals surface area contributed by atoms with Crippen molar-refractivity contribution < 1.29 is 19.4 Å². The van der Waals surface area contributed by atoms with E-state index in [1.807, 2.05) is 30.3 Å². The summed E-state index contributed by atoms with van der Waals surface area (Å²) in [6.45, 7) is 0.521. The van der Waals surface area contributed by atoms with Crippen LogP contribution < -0.4 is 4.74 Å². The summed E-state index contributed by atoms with van der Waals surface area (Å²) in [6.07, 6.45) is 1.47. The molecule has 2 aromatic rings. The molecule has 130 valence electrons. The SMILES string of the molecule is O=C(O)CC1CSCCN1C(=O)c1cc(Oc2ccccc2)ccn1. The highest BCUT2D eigenvalue weighted by molar-refractivity contribution is 7.99. The lowest BCUT2D eigenvalue weighted by atomic mass is 10.1. The zero-order chi connectivity index (χ0) is 17.6. The number of amides is 1. The number of nitrogens with zero attached hydrogens (tertiary/aromatic N) is 2. The molecule has 25 heavy (non-hydrogen) atoms. The van der Waals surface area contributed by atoms with Crippen molar-refractivity contribution in [1.82, 2.24) is 9.88 Å². The number of aliphatic carboxylic acids is 1. The van der Waals surface area contributed by atoms with Crippen molar-refractivity contribution >= 4 is 23.6 Å². The van der Waals surface area contributed by atoms with Crippen LogP contribution in [0.25, 0.3) is 0 Å². The van der Waals surface area contributed by atoms with Crippen molar-refractivity contribution in [3.63, 3.8) is 0 Å². The molecule has 0 aliphatic carbocycles. The van der Waals surface area contributed by atoms with Gasteiger partial charge in [0, 0.05) is 30.3 Å². The van der Waals surface area contributed by atoms with E-state index in [0.29, 0.717) is 23.8 Å². The molecule has 1 aromatic heterocycles. The molecule has 1 fully saturated rings. The van der Waals surface area contributed by atoms with Crippen LogP contribution in [0.4, 0.5) is 0 Å². The van der Waals surface area contributed by atoms with Gasteiger partial charge in [-0.3, -0.25) is 14.6 Å². The number of carbonyl (C=O) groups is 2. The van der Waals surface area contributed by atoms with Crippen molar-refractivity contribution in [3.05, 3.63) is 54.4 Å². The van der Waals surface area contributed by atoms with Crippen LogP contribution in [0.1, 0.15) is 16.9 Å². The van der Waals surface area contributed by atoms with Crippen LogP contribution >= 0.6 is 11.8 Å². The number of ether oxygens (including phenoxy) is 1. The van der Waals surface area contributed by atoms with Crippen molar-refractivity contribution in [2.75, 3.05) is 18.1 Å². The minimum atomic E-state index is -0.903. The molecule has 6 nitrogen and oxygen atoms in total. The Kier molecular flexibility index (Phi) is 5.55. The molecule has 1 unspecified atom stereocenters. The molecular weight excluding hydrogens is 340 g/mol. The van der Waals surface area contributed by atoms with Gasteiger partial charge in [-0.25, -0.2) is 0 Å². The van der Waals surface area contributed by atoms with Gasteiger partial charge >= 0.3 is 5.97 Å². The van der Waals surface area contributed by atoms with E-state index in [0.717, 1.165) is 5.75 Å². The number of hydrogen-bond donors (Lipinski definition) is 1. The van der Waals surface area contributed by atoms with Crippen LogP contribution in [0, 0.1) is 0 Å². The van der Waals surface area contributed by atoms with E-state index in [2.05, 4.69) is 4.98 Å². The Hall–Kier alpha value is -2.54. The Labute approximate surface area is 149 Å². The zero-order valence-corrected chi connectivity index (χ0v) is 14.3. The first kappa shape index (κ1) is 17.3. The predicted molar refractivity (Wildman–Crippen MR) is 95.2 cm³/mol. The molecule has 7 heteroatoms. The number of pyridine rings is 1. The minimum Gasteiger partial charge on any atom is -0.481 e. The fourth-order valence-electron chi connectivity index (χ4n) is 2.66. The summed E-state index contributed by atoms with van der Waals surface area (Å²) in [4.78, 5) is 29.6. The number of carboxylic acid groups (broad SMARTS) is 1. The summed E-state index contributed by atoms with van der Waals surface area (Å²) in [7, 11) is 0. The smallest absolute Gasteiger partial charge is 0.305 e. The van der Waals surface area contributed by atoms with Gasteiger partial charge in [0.15, 0.2) is 0 Å². The first-order valence-corrected chi connectivity index (χ1v) is 9.08. The Morgan fingerprint density at radius 3 is 2.80 bits per heavy atom. The maximum absolute atomic E-state index is 12.8. The van der Waals surface area contributed by atoms with E-state index >= 15 is 0 Å². The quantitative estimate of drug-likeness (QED) is 0.885. The largest absolute Gasteiger partial charge is 0.481 e.